The largest absolute Gasteiger partial charge is 0.478 e. The normalized spacial score (nSPS) is 16.9. The minimum atomic E-state index is -1.22. The van der Waals surface area contributed by atoms with Crippen LogP contribution in [0.3, 0.4) is 0 Å². The standard InChI is InChI=1S/C14H17FN2O3/c15-9-3-4-10(13(19)20)11(7-9)17-12(18)8-14(16)5-1-2-6-14/h3-4,7H,1-2,5-6,8,16H2,(H,17,18)(H,19,20). The van der Waals surface area contributed by atoms with E-state index in [0.29, 0.717) is 0 Å². The summed E-state index contributed by atoms with van der Waals surface area (Å²) in [6, 6.07) is 3.17. The van der Waals surface area contributed by atoms with Gasteiger partial charge in [0.2, 0.25) is 5.91 Å². The fourth-order valence-electron chi connectivity index (χ4n) is 2.58. The van der Waals surface area contributed by atoms with Crippen molar-refractivity contribution in [3.63, 3.8) is 0 Å². The van der Waals surface area contributed by atoms with Crippen LogP contribution in [-0.4, -0.2) is 22.5 Å². The quantitative estimate of drug-likeness (QED) is 0.787. The van der Waals surface area contributed by atoms with Gasteiger partial charge in [-0.3, -0.25) is 4.79 Å². The van der Waals surface area contributed by atoms with Crippen LogP contribution >= 0.6 is 0 Å². The van der Waals surface area contributed by atoms with Crippen molar-refractivity contribution in [2.45, 2.75) is 37.6 Å². The zero-order valence-electron chi connectivity index (χ0n) is 11.0. The smallest absolute Gasteiger partial charge is 0.337 e. The second-order valence-corrected chi connectivity index (χ2v) is 5.29. The van der Waals surface area contributed by atoms with Crippen LogP contribution in [0, 0.1) is 5.82 Å². The molecule has 108 valence electrons. The van der Waals surface area contributed by atoms with E-state index in [1.807, 2.05) is 0 Å². The van der Waals surface area contributed by atoms with Crippen LogP contribution in [0.15, 0.2) is 18.2 Å². The first-order valence-electron chi connectivity index (χ1n) is 6.51. The van der Waals surface area contributed by atoms with Gasteiger partial charge in [-0.1, -0.05) is 12.8 Å². The van der Waals surface area contributed by atoms with E-state index in [0.717, 1.165) is 43.9 Å². The monoisotopic (exact) mass is 280 g/mol. The van der Waals surface area contributed by atoms with Gasteiger partial charge in [0.15, 0.2) is 0 Å². The molecule has 1 amide bonds. The molecule has 0 unspecified atom stereocenters. The third-order valence-corrected chi connectivity index (χ3v) is 3.60. The molecule has 20 heavy (non-hydrogen) atoms. The van der Waals surface area contributed by atoms with E-state index >= 15 is 0 Å². The van der Waals surface area contributed by atoms with Gasteiger partial charge < -0.3 is 16.2 Å². The molecule has 0 saturated heterocycles. The third-order valence-electron chi connectivity index (χ3n) is 3.60. The van der Waals surface area contributed by atoms with Crippen molar-refractivity contribution in [2.75, 3.05) is 5.32 Å². The molecule has 6 heteroatoms. The molecular weight excluding hydrogens is 263 g/mol. The van der Waals surface area contributed by atoms with Gasteiger partial charge in [0.1, 0.15) is 5.82 Å². The van der Waals surface area contributed by atoms with E-state index in [1.165, 1.54) is 0 Å². The van der Waals surface area contributed by atoms with Crippen molar-refractivity contribution in [3.05, 3.63) is 29.6 Å². The van der Waals surface area contributed by atoms with Gasteiger partial charge in [0.25, 0.3) is 0 Å². The van der Waals surface area contributed by atoms with Crippen LogP contribution in [0.5, 0.6) is 0 Å². The lowest BCUT2D eigenvalue weighted by Crippen LogP contribution is -2.40. The Bertz CT molecular complexity index is 539. The number of hydrogen-bond acceptors (Lipinski definition) is 3. The molecule has 0 radical (unpaired) electrons. The highest BCUT2D eigenvalue weighted by Gasteiger charge is 2.32. The summed E-state index contributed by atoms with van der Waals surface area (Å²) in [6.07, 6.45) is 3.64. The van der Waals surface area contributed by atoms with Crippen molar-refractivity contribution in [1.82, 2.24) is 0 Å². The lowest BCUT2D eigenvalue weighted by molar-refractivity contribution is -0.117. The van der Waals surface area contributed by atoms with Crippen LogP contribution in [0.25, 0.3) is 0 Å². The summed E-state index contributed by atoms with van der Waals surface area (Å²) >= 11 is 0. The van der Waals surface area contributed by atoms with Gasteiger partial charge in [0.05, 0.1) is 11.3 Å². The highest BCUT2D eigenvalue weighted by Crippen LogP contribution is 2.30. The maximum absolute atomic E-state index is 13.2. The predicted molar refractivity (Wildman–Crippen MR) is 72.0 cm³/mol. The number of hydrogen-bond donors (Lipinski definition) is 3. The number of halogens is 1. The molecule has 1 aliphatic carbocycles. The number of nitrogens with one attached hydrogen (secondary N) is 1. The molecule has 0 atom stereocenters. The average molecular weight is 280 g/mol. The molecular formula is C14H17FN2O3. The number of rotatable bonds is 4. The van der Waals surface area contributed by atoms with Crippen LogP contribution in [0.2, 0.25) is 0 Å². The van der Waals surface area contributed by atoms with Crippen LogP contribution in [-0.2, 0) is 4.79 Å². The molecule has 0 aromatic heterocycles. The highest BCUT2D eigenvalue weighted by molar-refractivity contribution is 6.00. The number of anilines is 1. The SMILES string of the molecule is NC1(CC(=O)Nc2cc(F)ccc2C(=O)O)CCCC1. The number of nitrogens with two attached hydrogens (primary N) is 1. The second kappa shape index (κ2) is 5.58. The number of carboxylic acids is 1. The van der Waals surface area contributed by atoms with Gasteiger partial charge in [-0.2, -0.15) is 0 Å². The molecule has 4 N–H and O–H groups in total. The number of aromatic carboxylic acids is 1. The van der Waals surface area contributed by atoms with E-state index < -0.39 is 17.3 Å². The Labute approximate surface area is 116 Å². The lowest BCUT2D eigenvalue weighted by atomic mass is 9.94. The Hall–Kier alpha value is -1.95. The molecule has 1 aliphatic rings. The Kier molecular flexibility index (Phi) is 4.04. The van der Waals surface area contributed by atoms with Gasteiger partial charge in [0, 0.05) is 12.0 Å². The molecule has 1 saturated carbocycles. The number of amides is 1. The second-order valence-electron chi connectivity index (χ2n) is 5.29. The van der Waals surface area contributed by atoms with Crippen molar-refractivity contribution in [3.8, 4) is 0 Å². The van der Waals surface area contributed by atoms with Crippen LogP contribution in [0.1, 0.15) is 42.5 Å². The van der Waals surface area contributed by atoms with E-state index in [2.05, 4.69) is 5.32 Å². The zero-order chi connectivity index (χ0) is 14.8. The van der Waals surface area contributed by atoms with Crippen LogP contribution in [0.4, 0.5) is 10.1 Å². The number of carbonyl (C=O) groups is 2. The highest BCUT2D eigenvalue weighted by atomic mass is 19.1. The van der Waals surface area contributed by atoms with Crippen LogP contribution < -0.4 is 11.1 Å². The number of carbonyl (C=O) groups excluding carboxylic acids is 1. The average Bonchev–Trinajstić information content (AvgIpc) is 2.74. The Balaban J connectivity index is 2.11. The maximum atomic E-state index is 13.2. The molecule has 0 aliphatic heterocycles. The van der Waals surface area contributed by atoms with E-state index in [-0.39, 0.29) is 23.6 Å². The summed E-state index contributed by atoms with van der Waals surface area (Å²) in [5.41, 5.74) is 5.38. The van der Waals surface area contributed by atoms with Crippen molar-refractivity contribution >= 4 is 17.6 Å². The molecule has 5 nitrogen and oxygen atoms in total. The van der Waals surface area contributed by atoms with Gasteiger partial charge in [-0.25, -0.2) is 9.18 Å². The molecule has 2 rings (SSSR count). The molecule has 1 fully saturated rings. The molecule has 0 spiro atoms. The Morgan fingerprint density at radius 3 is 2.60 bits per heavy atom. The third kappa shape index (κ3) is 3.33. The summed E-state index contributed by atoms with van der Waals surface area (Å²) < 4.78 is 13.2. The summed E-state index contributed by atoms with van der Waals surface area (Å²) in [5, 5.41) is 11.5. The van der Waals surface area contributed by atoms with Gasteiger partial charge >= 0.3 is 5.97 Å². The van der Waals surface area contributed by atoms with E-state index in [1.54, 1.807) is 0 Å². The van der Waals surface area contributed by atoms with Crippen molar-refractivity contribution < 1.29 is 19.1 Å². The fourth-order valence-corrected chi connectivity index (χ4v) is 2.58. The summed E-state index contributed by atoms with van der Waals surface area (Å²) in [4.78, 5) is 23.0. The van der Waals surface area contributed by atoms with Gasteiger partial charge in [-0.15, -0.1) is 0 Å². The minimum Gasteiger partial charge on any atom is -0.478 e. The molecule has 1 aromatic carbocycles. The van der Waals surface area contributed by atoms with E-state index in [4.69, 9.17) is 10.8 Å². The Morgan fingerprint density at radius 1 is 1.35 bits per heavy atom. The zero-order valence-corrected chi connectivity index (χ0v) is 11.0. The minimum absolute atomic E-state index is 0.0379. The number of carboxylic acid groups (broad SMARTS) is 1. The first-order valence-corrected chi connectivity index (χ1v) is 6.51. The van der Waals surface area contributed by atoms with Crippen molar-refractivity contribution in [2.24, 2.45) is 5.73 Å². The summed E-state index contributed by atoms with van der Waals surface area (Å²) in [5.74, 6) is -2.21. The maximum Gasteiger partial charge on any atom is 0.337 e. The molecule has 1 aromatic rings. The van der Waals surface area contributed by atoms with Crippen molar-refractivity contribution in [1.29, 1.82) is 0 Å². The predicted octanol–water partition coefficient (Wildman–Crippen LogP) is 2.12. The number of benzene rings is 1. The first-order chi connectivity index (χ1) is 9.39. The molecule has 0 heterocycles. The Morgan fingerprint density at radius 2 is 2.00 bits per heavy atom. The lowest BCUT2D eigenvalue weighted by Gasteiger charge is -2.22. The summed E-state index contributed by atoms with van der Waals surface area (Å²) in [7, 11) is 0. The fraction of sp³-hybridized carbons (Fsp3) is 0.429. The molecule has 0 bridgehead atoms. The van der Waals surface area contributed by atoms with E-state index in [9.17, 15) is 14.0 Å². The first kappa shape index (κ1) is 14.5. The van der Waals surface area contributed by atoms with Gasteiger partial charge in [-0.05, 0) is 31.0 Å². The topological polar surface area (TPSA) is 92.4 Å². The summed E-state index contributed by atoms with van der Waals surface area (Å²) in [6.45, 7) is 0.